The van der Waals surface area contributed by atoms with Crippen molar-refractivity contribution < 1.29 is 27.2 Å². The van der Waals surface area contributed by atoms with Crippen LogP contribution in [0.2, 0.25) is 0 Å². The van der Waals surface area contributed by atoms with Crippen molar-refractivity contribution in [2.75, 3.05) is 42.0 Å². The summed E-state index contributed by atoms with van der Waals surface area (Å²) in [7, 11) is -0.904. The van der Waals surface area contributed by atoms with E-state index in [9.17, 15) is 17.6 Å². The number of sulfonamides is 1. The van der Waals surface area contributed by atoms with Crippen molar-refractivity contribution in [2.45, 2.75) is 12.8 Å². The summed E-state index contributed by atoms with van der Waals surface area (Å²) in [4.78, 5) is 25.3. The number of benzene rings is 1. The van der Waals surface area contributed by atoms with Crippen molar-refractivity contribution in [3.8, 4) is 5.75 Å². The number of rotatable bonds is 11. The second kappa shape index (κ2) is 11.0. The van der Waals surface area contributed by atoms with Gasteiger partial charge in [-0.2, -0.15) is 4.39 Å². The topological polar surface area (TPSA) is 135 Å². The summed E-state index contributed by atoms with van der Waals surface area (Å²) in [6.45, 7) is 0.559. The normalized spacial score (nSPS) is 13.1. The Balaban J connectivity index is 1.71. The number of hydrogen-bond donors (Lipinski definition) is 3. The van der Waals surface area contributed by atoms with E-state index in [1.807, 2.05) is 0 Å². The van der Waals surface area contributed by atoms with Crippen LogP contribution in [0.15, 0.2) is 48.7 Å². The molecule has 1 fully saturated rings. The standard InChI is InChI=1S/C24H27FN6O5S/c1-31(37(3,33)34)20-11-16(36-14-15-7-8-15)9-10-18(20)27-19-12-23(26-13-17(19)24(32)30-35-2)29-22-6-4-5-21(25)28-22/h4-6,9-13,15H,7-8,14H2,1-3H3,(H,30,32)(H2,26,27,28,29). The second-order valence-corrected chi connectivity index (χ2v) is 10.5. The van der Waals surface area contributed by atoms with Gasteiger partial charge in [-0.15, -0.1) is 0 Å². The maximum Gasteiger partial charge on any atom is 0.278 e. The minimum Gasteiger partial charge on any atom is -0.493 e. The molecule has 0 saturated heterocycles. The Labute approximate surface area is 214 Å². The predicted molar refractivity (Wildman–Crippen MR) is 137 cm³/mol. The van der Waals surface area contributed by atoms with Crippen LogP contribution in [0.1, 0.15) is 23.2 Å². The molecule has 0 atom stereocenters. The van der Waals surface area contributed by atoms with Gasteiger partial charge in [0.1, 0.15) is 17.4 Å². The van der Waals surface area contributed by atoms with Gasteiger partial charge in [0.2, 0.25) is 16.0 Å². The van der Waals surface area contributed by atoms with Crippen LogP contribution in [0.25, 0.3) is 0 Å². The molecule has 4 rings (SSSR count). The molecule has 0 aliphatic heterocycles. The van der Waals surface area contributed by atoms with E-state index in [1.54, 1.807) is 24.3 Å². The molecule has 1 aliphatic rings. The van der Waals surface area contributed by atoms with Gasteiger partial charge in [-0.25, -0.2) is 23.9 Å². The summed E-state index contributed by atoms with van der Waals surface area (Å²) in [5, 5.41) is 6.00. The molecule has 196 valence electrons. The molecule has 1 aliphatic carbocycles. The highest BCUT2D eigenvalue weighted by atomic mass is 32.2. The zero-order valence-corrected chi connectivity index (χ0v) is 21.3. The Kier molecular flexibility index (Phi) is 7.74. The smallest absolute Gasteiger partial charge is 0.278 e. The lowest BCUT2D eigenvalue weighted by Crippen LogP contribution is -2.26. The third-order valence-corrected chi connectivity index (χ3v) is 6.76. The van der Waals surface area contributed by atoms with Gasteiger partial charge in [-0.05, 0) is 43.0 Å². The van der Waals surface area contributed by atoms with E-state index >= 15 is 0 Å². The van der Waals surface area contributed by atoms with Crippen molar-refractivity contribution in [1.82, 2.24) is 15.4 Å². The number of pyridine rings is 2. The highest BCUT2D eigenvalue weighted by Gasteiger charge is 2.23. The quantitative estimate of drug-likeness (QED) is 0.251. The maximum atomic E-state index is 13.5. The fourth-order valence-electron chi connectivity index (χ4n) is 3.35. The number of carbonyl (C=O) groups excluding carboxylic acids is 1. The van der Waals surface area contributed by atoms with Crippen LogP contribution in [-0.2, 0) is 14.9 Å². The molecule has 0 spiro atoms. The van der Waals surface area contributed by atoms with Crippen LogP contribution in [0.5, 0.6) is 5.75 Å². The van der Waals surface area contributed by atoms with Crippen molar-refractivity contribution in [2.24, 2.45) is 5.92 Å². The summed E-state index contributed by atoms with van der Waals surface area (Å²) >= 11 is 0. The number of ether oxygens (including phenoxy) is 1. The number of hydroxylamine groups is 1. The highest BCUT2D eigenvalue weighted by Crippen LogP contribution is 2.36. The van der Waals surface area contributed by atoms with Crippen LogP contribution in [0.4, 0.5) is 33.1 Å². The van der Waals surface area contributed by atoms with Crippen molar-refractivity contribution in [3.05, 3.63) is 60.2 Å². The molecule has 1 saturated carbocycles. The summed E-state index contributed by atoms with van der Waals surface area (Å²) < 4.78 is 45.3. The van der Waals surface area contributed by atoms with Gasteiger partial charge in [0.25, 0.3) is 5.91 Å². The SMILES string of the molecule is CONC(=O)c1cnc(Nc2cccc(F)n2)cc1Nc1ccc(OCC2CC2)cc1N(C)S(C)(=O)=O. The first kappa shape index (κ1) is 26.1. The fourth-order valence-corrected chi connectivity index (χ4v) is 3.86. The minimum absolute atomic E-state index is 0.113. The molecule has 11 nitrogen and oxygen atoms in total. The first-order valence-electron chi connectivity index (χ1n) is 11.3. The van der Waals surface area contributed by atoms with Crippen LogP contribution in [-0.4, -0.2) is 51.3 Å². The lowest BCUT2D eigenvalue weighted by atomic mass is 10.2. The molecule has 1 aromatic carbocycles. The number of halogens is 1. The number of hydrogen-bond acceptors (Lipinski definition) is 9. The number of anilines is 5. The third-order valence-electron chi connectivity index (χ3n) is 5.57. The Morgan fingerprint density at radius 2 is 1.92 bits per heavy atom. The van der Waals surface area contributed by atoms with Gasteiger partial charge in [-0.3, -0.25) is 13.9 Å². The Bertz CT molecular complexity index is 1400. The van der Waals surface area contributed by atoms with E-state index in [4.69, 9.17) is 9.57 Å². The fraction of sp³-hybridized carbons (Fsp3) is 0.292. The molecule has 2 heterocycles. The van der Waals surface area contributed by atoms with Gasteiger partial charge < -0.3 is 15.4 Å². The molecule has 0 bridgehead atoms. The molecule has 2 aromatic heterocycles. The molecule has 0 unspecified atom stereocenters. The van der Waals surface area contributed by atoms with Crippen molar-refractivity contribution >= 4 is 44.6 Å². The summed E-state index contributed by atoms with van der Waals surface area (Å²) in [5.41, 5.74) is 3.33. The first-order chi connectivity index (χ1) is 17.6. The molecule has 0 radical (unpaired) electrons. The van der Waals surface area contributed by atoms with Gasteiger partial charge >= 0.3 is 0 Å². The third kappa shape index (κ3) is 6.83. The zero-order valence-electron chi connectivity index (χ0n) is 20.5. The molecule has 1 amide bonds. The Morgan fingerprint density at radius 3 is 2.59 bits per heavy atom. The van der Waals surface area contributed by atoms with Gasteiger partial charge in [0.05, 0.1) is 42.6 Å². The number of carbonyl (C=O) groups is 1. The van der Waals surface area contributed by atoms with Crippen LogP contribution in [0, 0.1) is 11.9 Å². The van der Waals surface area contributed by atoms with E-state index < -0.39 is 21.9 Å². The largest absolute Gasteiger partial charge is 0.493 e. The van der Waals surface area contributed by atoms with Crippen LogP contribution in [0.3, 0.4) is 0 Å². The maximum absolute atomic E-state index is 13.5. The number of nitrogens with one attached hydrogen (secondary N) is 3. The molecule has 13 heteroatoms. The average Bonchev–Trinajstić information content (AvgIpc) is 3.67. The van der Waals surface area contributed by atoms with Crippen LogP contribution >= 0.6 is 0 Å². The average molecular weight is 531 g/mol. The lowest BCUT2D eigenvalue weighted by molar-refractivity contribution is 0.0538. The summed E-state index contributed by atoms with van der Waals surface area (Å²) in [6, 6.07) is 10.8. The van der Waals surface area contributed by atoms with Crippen molar-refractivity contribution in [3.63, 3.8) is 0 Å². The van der Waals surface area contributed by atoms with Gasteiger partial charge in [-0.1, -0.05) is 6.07 Å². The van der Waals surface area contributed by atoms with E-state index in [-0.39, 0.29) is 22.9 Å². The van der Waals surface area contributed by atoms with E-state index in [1.165, 1.54) is 38.6 Å². The van der Waals surface area contributed by atoms with Gasteiger partial charge in [0, 0.05) is 25.4 Å². The molecular formula is C24H27FN6O5S. The molecule has 3 N–H and O–H groups in total. The summed E-state index contributed by atoms with van der Waals surface area (Å²) in [6.07, 6.45) is 4.62. The van der Waals surface area contributed by atoms with Crippen LogP contribution < -0.4 is 25.2 Å². The Hall–Kier alpha value is -3.97. The first-order valence-corrected chi connectivity index (χ1v) is 13.2. The van der Waals surface area contributed by atoms with E-state index in [2.05, 4.69) is 26.1 Å². The van der Waals surface area contributed by atoms with Crippen molar-refractivity contribution in [1.29, 1.82) is 0 Å². The van der Waals surface area contributed by atoms with E-state index in [0.29, 0.717) is 29.6 Å². The number of aromatic nitrogens is 2. The predicted octanol–water partition coefficient (Wildman–Crippen LogP) is 3.58. The zero-order chi connectivity index (χ0) is 26.6. The van der Waals surface area contributed by atoms with Gasteiger partial charge in [0.15, 0.2) is 0 Å². The monoisotopic (exact) mass is 530 g/mol. The molecule has 3 aromatic rings. The molecule has 37 heavy (non-hydrogen) atoms. The number of nitrogens with zero attached hydrogens (tertiary/aromatic N) is 3. The summed E-state index contributed by atoms with van der Waals surface area (Å²) in [5.74, 6) is 0.257. The lowest BCUT2D eigenvalue weighted by Gasteiger charge is -2.23. The highest BCUT2D eigenvalue weighted by molar-refractivity contribution is 7.92. The second-order valence-electron chi connectivity index (χ2n) is 8.51. The Morgan fingerprint density at radius 1 is 1.14 bits per heavy atom. The van der Waals surface area contributed by atoms with E-state index in [0.717, 1.165) is 23.4 Å². The minimum atomic E-state index is -3.62. The number of amides is 1. The molecular weight excluding hydrogens is 503 g/mol.